The number of ether oxygens (including phenoxy) is 2. The van der Waals surface area contributed by atoms with Gasteiger partial charge in [-0.05, 0) is 11.6 Å². The maximum atomic E-state index is 11.9. The highest BCUT2D eigenvalue weighted by Gasteiger charge is 2.23. The lowest BCUT2D eigenvalue weighted by Crippen LogP contribution is -2.30. The molecule has 0 spiro atoms. The number of nitrogens with zero attached hydrogens (tertiary/aromatic N) is 1. The molecule has 1 heterocycles. The molecule has 0 radical (unpaired) electrons. The maximum Gasteiger partial charge on any atom is 0.394 e. The summed E-state index contributed by atoms with van der Waals surface area (Å²) in [5.41, 5.74) is 1.55. The van der Waals surface area contributed by atoms with E-state index in [0.717, 1.165) is 5.56 Å². The average Bonchev–Trinajstić information content (AvgIpc) is 2.46. The van der Waals surface area contributed by atoms with Gasteiger partial charge >= 0.3 is 11.8 Å². The lowest BCUT2D eigenvalue weighted by Gasteiger charge is -2.09. The molecule has 98 valence electrons. The topological polar surface area (TPSA) is 62.5 Å². The van der Waals surface area contributed by atoms with E-state index in [0.29, 0.717) is 10.3 Å². The highest BCUT2D eigenvalue weighted by Crippen LogP contribution is 2.23. The summed E-state index contributed by atoms with van der Waals surface area (Å²) < 4.78 is 10.1. The summed E-state index contributed by atoms with van der Waals surface area (Å²) in [6.07, 6.45) is 1.36. The minimum Gasteiger partial charge on any atom is -0.616 e. The number of carbonyl (C=O) groups excluding carboxylic acids is 1. The van der Waals surface area contributed by atoms with Crippen molar-refractivity contribution in [1.29, 1.82) is 0 Å². The molecule has 0 bridgehead atoms. The number of pyridine rings is 1. The Bertz CT molecular complexity index is 596. The minimum atomic E-state index is -0.612. The molecule has 5 heteroatoms. The summed E-state index contributed by atoms with van der Waals surface area (Å²) in [6, 6.07) is 10.9. The molecule has 1 aromatic heterocycles. The van der Waals surface area contributed by atoms with Crippen molar-refractivity contribution in [3.63, 3.8) is 0 Å². The quantitative estimate of drug-likeness (QED) is 0.479. The van der Waals surface area contributed by atoms with Crippen LogP contribution in [0.15, 0.2) is 42.6 Å². The Morgan fingerprint density at radius 1 is 1.16 bits per heavy atom. The zero-order chi connectivity index (χ0) is 13.8. The standard InChI is InChI=1S/C14H13NO4/c1-18-13-12(14(16)19-2)8-11(9-15(13)17)10-6-4-3-5-7-10/h3-9H,1-2H3. The van der Waals surface area contributed by atoms with Gasteiger partial charge in [0.2, 0.25) is 0 Å². The fourth-order valence-electron chi connectivity index (χ4n) is 1.80. The van der Waals surface area contributed by atoms with Gasteiger partial charge in [-0.2, -0.15) is 0 Å². The van der Waals surface area contributed by atoms with Gasteiger partial charge in [0, 0.05) is 5.56 Å². The van der Waals surface area contributed by atoms with Crippen LogP contribution in [0.25, 0.3) is 11.1 Å². The van der Waals surface area contributed by atoms with Crippen molar-refractivity contribution >= 4 is 5.97 Å². The minimum absolute atomic E-state index is 0.0773. The number of rotatable bonds is 3. The summed E-state index contributed by atoms with van der Waals surface area (Å²) in [5.74, 6) is -0.689. The number of benzene rings is 1. The number of hydrogen-bond acceptors (Lipinski definition) is 4. The van der Waals surface area contributed by atoms with Gasteiger partial charge in [-0.3, -0.25) is 0 Å². The Morgan fingerprint density at radius 3 is 2.42 bits per heavy atom. The van der Waals surface area contributed by atoms with Crippen LogP contribution >= 0.6 is 0 Å². The van der Waals surface area contributed by atoms with Crippen molar-refractivity contribution in [3.05, 3.63) is 53.4 Å². The molecule has 1 aromatic carbocycles. The number of aromatic nitrogens is 1. The number of methoxy groups -OCH3 is 2. The van der Waals surface area contributed by atoms with Crippen LogP contribution in [0.1, 0.15) is 10.4 Å². The van der Waals surface area contributed by atoms with E-state index in [9.17, 15) is 10.0 Å². The van der Waals surface area contributed by atoms with E-state index in [-0.39, 0.29) is 11.4 Å². The Labute approximate surface area is 110 Å². The number of hydrogen-bond donors (Lipinski definition) is 0. The molecule has 0 aliphatic carbocycles. The first kappa shape index (κ1) is 12.9. The van der Waals surface area contributed by atoms with Crippen LogP contribution in [0.4, 0.5) is 0 Å². The molecule has 0 amide bonds. The van der Waals surface area contributed by atoms with E-state index < -0.39 is 5.97 Å². The number of esters is 1. The third kappa shape index (κ3) is 2.49. The molecule has 19 heavy (non-hydrogen) atoms. The summed E-state index contributed by atoms with van der Waals surface area (Å²) >= 11 is 0. The van der Waals surface area contributed by atoms with Crippen molar-refractivity contribution in [2.45, 2.75) is 0 Å². The Morgan fingerprint density at radius 2 is 1.84 bits per heavy atom. The van der Waals surface area contributed by atoms with Crippen molar-refractivity contribution in [1.82, 2.24) is 0 Å². The molecule has 0 saturated carbocycles. The zero-order valence-corrected chi connectivity index (χ0v) is 10.6. The fourth-order valence-corrected chi connectivity index (χ4v) is 1.80. The third-order valence-corrected chi connectivity index (χ3v) is 2.69. The Hall–Kier alpha value is -2.56. The predicted molar refractivity (Wildman–Crippen MR) is 68.7 cm³/mol. The van der Waals surface area contributed by atoms with E-state index in [4.69, 9.17) is 4.74 Å². The van der Waals surface area contributed by atoms with Crippen molar-refractivity contribution in [3.8, 4) is 17.0 Å². The van der Waals surface area contributed by atoms with Crippen LogP contribution < -0.4 is 9.47 Å². The summed E-state index contributed by atoms with van der Waals surface area (Å²) in [4.78, 5) is 11.7. The second-order valence-electron chi connectivity index (χ2n) is 3.84. The summed E-state index contributed by atoms with van der Waals surface area (Å²) in [6.45, 7) is 0. The first-order valence-corrected chi connectivity index (χ1v) is 5.62. The molecule has 0 atom stereocenters. The van der Waals surface area contributed by atoms with Gasteiger partial charge < -0.3 is 14.7 Å². The fraction of sp³-hybridized carbons (Fsp3) is 0.143. The van der Waals surface area contributed by atoms with E-state index in [1.165, 1.54) is 20.4 Å². The van der Waals surface area contributed by atoms with Gasteiger partial charge in [-0.15, -0.1) is 4.73 Å². The number of carbonyl (C=O) groups is 1. The largest absolute Gasteiger partial charge is 0.616 e. The average molecular weight is 259 g/mol. The molecule has 0 N–H and O–H groups in total. The van der Waals surface area contributed by atoms with Crippen LogP contribution in [0.2, 0.25) is 0 Å². The van der Waals surface area contributed by atoms with E-state index in [1.54, 1.807) is 6.07 Å². The van der Waals surface area contributed by atoms with Crippen LogP contribution in [-0.2, 0) is 4.74 Å². The third-order valence-electron chi connectivity index (χ3n) is 2.69. The Kier molecular flexibility index (Phi) is 3.66. The lowest BCUT2D eigenvalue weighted by atomic mass is 10.1. The van der Waals surface area contributed by atoms with E-state index >= 15 is 0 Å². The molecule has 2 aromatic rings. The molecule has 0 aliphatic rings. The SMILES string of the molecule is COC(=O)c1cc(-c2ccccc2)c[n+]([O-])c1OC. The van der Waals surface area contributed by atoms with Gasteiger partial charge in [-0.25, -0.2) is 4.79 Å². The zero-order valence-electron chi connectivity index (χ0n) is 10.6. The highest BCUT2D eigenvalue weighted by atomic mass is 16.6. The molecule has 0 fully saturated rings. The summed E-state index contributed by atoms with van der Waals surface area (Å²) in [7, 11) is 2.59. The maximum absolute atomic E-state index is 11.9. The first-order chi connectivity index (χ1) is 9.17. The van der Waals surface area contributed by atoms with Crippen molar-refractivity contribution in [2.24, 2.45) is 0 Å². The molecule has 5 nitrogen and oxygen atoms in total. The van der Waals surface area contributed by atoms with Crippen molar-refractivity contribution < 1.29 is 19.0 Å². The van der Waals surface area contributed by atoms with Gasteiger partial charge in [-0.1, -0.05) is 30.3 Å². The van der Waals surface area contributed by atoms with E-state index in [1.807, 2.05) is 30.3 Å². The molecule has 0 saturated heterocycles. The van der Waals surface area contributed by atoms with Crippen LogP contribution in [0, 0.1) is 5.21 Å². The first-order valence-electron chi connectivity index (χ1n) is 5.62. The molecule has 0 unspecified atom stereocenters. The monoisotopic (exact) mass is 259 g/mol. The molecular formula is C14H13NO4. The van der Waals surface area contributed by atoms with Gasteiger partial charge in [0.15, 0.2) is 11.8 Å². The lowest BCUT2D eigenvalue weighted by molar-refractivity contribution is -0.611. The predicted octanol–water partition coefficient (Wildman–Crippen LogP) is 1.78. The molecule has 0 aliphatic heterocycles. The molecule has 2 rings (SSSR count). The van der Waals surface area contributed by atoms with Crippen LogP contribution in [-0.4, -0.2) is 20.2 Å². The Balaban J connectivity index is 2.60. The van der Waals surface area contributed by atoms with Gasteiger partial charge in [0.05, 0.1) is 14.2 Å². The van der Waals surface area contributed by atoms with E-state index in [2.05, 4.69) is 4.74 Å². The summed E-state index contributed by atoms with van der Waals surface area (Å²) in [5, 5.41) is 11.9. The second kappa shape index (κ2) is 5.39. The second-order valence-corrected chi connectivity index (χ2v) is 3.84. The smallest absolute Gasteiger partial charge is 0.394 e. The highest BCUT2D eigenvalue weighted by molar-refractivity contribution is 5.92. The van der Waals surface area contributed by atoms with Crippen LogP contribution in [0.5, 0.6) is 5.88 Å². The van der Waals surface area contributed by atoms with Crippen molar-refractivity contribution in [2.75, 3.05) is 14.2 Å². The van der Waals surface area contributed by atoms with Crippen LogP contribution in [0.3, 0.4) is 0 Å². The molecular weight excluding hydrogens is 246 g/mol. The normalized spacial score (nSPS) is 10.0. The van der Waals surface area contributed by atoms with Gasteiger partial charge in [0.25, 0.3) is 0 Å². The van der Waals surface area contributed by atoms with Gasteiger partial charge in [0.1, 0.15) is 0 Å².